The zero-order valence-electron chi connectivity index (χ0n) is 19.0. The molecule has 2 aliphatic rings. The molecule has 8 nitrogen and oxygen atoms in total. The normalized spacial score (nSPS) is 17.5. The summed E-state index contributed by atoms with van der Waals surface area (Å²) >= 11 is 0. The number of hydrogen-bond donors (Lipinski definition) is 4. The lowest BCUT2D eigenvalue weighted by Crippen LogP contribution is -2.40. The van der Waals surface area contributed by atoms with Gasteiger partial charge in [-0.05, 0) is 43.0 Å². The number of hydroxylamine groups is 1. The van der Waals surface area contributed by atoms with Crippen LogP contribution < -0.4 is 16.5 Å². The molecule has 0 aromatic heterocycles. The van der Waals surface area contributed by atoms with Crippen LogP contribution in [0, 0.1) is 5.41 Å². The van der Waals surface area contributed by atoms with E-state index in [1.165, 1.54) is 24.1 Å². The highest BCUT2D eigenvalue weighted by Crippen LogP contribution is 2.50. The van der Waals surface area contributed by atoms with E-state index in [0.717, 1.165) is 44.2 Å². The number of nitrogens with two attached hydrogens (primary N) is 1. The summed E-state index contributed by atoms with van der Waals surface area (Å²) in [5.74, 6) is 1.05. The summed E-state index contributed by atoms with van der Waals surface area (Å²) in [7, 11) is 2.01. The predicted octanol–water partition coefficient (Wildman–Crippen LogP) is 3.06. The second kappa shape index (κ2) is 15.4. The van der Waals surface area contributed by atoms with Crippen molar-refractivity contribution in [3.63, 3.8) is 0 Å². The Kier molecular flexibility index (Phi) is 14.7. The molecule has 1 saturated heterocycles. The van der Waals surface area contributed by atoms with Crippen LogP contribution in [0.1, 0.15) is 41.5 Å². The van der Waals surface area contributed by atoms with Crippen LogP contribution in [-0.2, 0) is 11.3 Å². The molecule has 0 amide bonds. The predicted molar refractivity (Wildman–Crippen MR) is 142 cm³/mol. The fourth-order valence-electron chi connectivity index (χ4n) is 3.07. The molecule has 1 aromatic carbocycles. The summed E-state index contributed by atoms with van der Waals surface area (Å²) in [6.07, 6.45) is 5.70. The third kappa shape index (κ3) is 10.2. The summed E-state index contributed by atoms with van der Waals surface area (Å²) in [6.45, 7) is 8.98. The van der Waals surface area contributed by atoms with Crippen molar-refractivity contribution in [3.05, 3.63) is 41.6 Å². The second-order valence-corrected chi connectivity index (χ2v) is 7.79. The molecular weight excluding hydrogens is 509 g/mol. The Morgan fingerprint density at radius 1 is 1.29 bits per heavy atom. The van der Waals surface area contributed by atoms with E-state index in [0.29, 0.717) is 18.5 Å². The zero-order valence-corrected chi connectivity index (χ0v) is 21.3. The minimum absolute atomic E-state index is 0. The van der Waals surface area contributed by atoms with Gasteiger partial charge in [0.2, 0.25) is 0 Å². The Morgan fingerprint density at radius 2 is 1.90 bits per heavy atom. The van der Waals surface area contributed by atoms with Crippen molar-refractivity contribution >= 4 is 35.5 Å². The smallest absolute Gasteiger partial charge is 0.125 e. The summed E-state index contributed by atoms with van der Waals surface area (Å²) in [4.78, 5) is 7.23. The average Bonchev–Trinajstić information content (AvgIpc) is 3.49. The van der Waals surface area contributed by atoms with Gasteiger partial charge in [0.05, 0.1) is 19.8 Å². The van der Waals surface area contributed by atoms with Crippen LogP contribution in [0.4, 0.5) is 5.69 Å². The maximum Gasteiger partial charge on any atom is 0.125 e. The highest BCUT2D eigenvalue weighted by molar-refractivity contribution is 14.0. The van der Waals surface area contributed by atoms with E-state index in [9.17, 15) is 0 Å². The van der Waals surface area contributed by atoms with Crippen LogP contribution in [0.15, 0.2) is 41.0 Å². The van der Waals surface area contributed by atoms with Crippen LogP contribution in [0.5, 0.6) is 0 Å². The number of nitrogens with zero attached hydrogens (tertiary/aromatic N) is 2. The monoisotopic (exact) mass is 553 g/mol. The number of nitrogen functional groups attached to an aromatic ring is 1. The van der Waals surface area contributed by atoms with Crippen molar-refractivity contribution in [3.8, 4) is 0 Å². The van der Waals surface area contributed by atoms with Crippen molar-refractivity contribution in [2.24, 2.45) is 10.4 Å². The zero-order chi connectivity index (χ0) is 21.1. The Morgan fingerprint density at radius 3 is 2.35 bits per heavy atom. The lowest BCUT2D eigenvalue weighted by molar-refractivity contribution is 0.0683. The van der Waals surface area contributed by atoms with E-state index in [1.54, 1.807) is 0 Å². The van der Waals surface area contributed by atoms with Crippen molar-refractivity contribution in [1.29, 1.82) is 0 Å². The number of benzene rings is 1. The maximum atomic E-state index is 7.82. The molecule has 1 aliphatic carbocycles. The first kappa shape index (κ1) is 29.6. The van der Waals surface area contributed by atoms with Gasteiger partial charge in [-0.3, -0.25) is 4.99 Å². The second-order valence-electron chi connectivity index (χ2n) is 7.79. The number of aliphatic imine (C=N–C) groups is 1. The summed E-state index contributed by atoms with van der Waals surface area (Å²) in [5, 5.41) is 11.2. The topological polar surface area (TPSA) is 127 Å². The first-order valence-electron chi connectivity index (χ1n) is 10.5. The number of morpholine rings is 1. The van der Waals surface area contributed by atoms with E-state index >= 15 is 0 Å². The van der Waals surface area contributed by atoms with Crippen LogP contribution in [0.2, 0.25) is 0 Å². The quantitative estimate of drug-likeness (QED) is 0.135. The van der Waals surface area contributed by atoms with Gasteiger partial charge in [-0.15, -0.1) is 24.0 Å². The number of hydrogen-bond acceptors (Lipinski definition) is 6. The fourth-order valence-corrected chi connectivity index (χ4v) is 3.07. The van der Waals surface area contributed by atoms with Gasteiger partial charge in [-0.1, -0.05) is 26.0 Å². The van der Waals surface area contributed by atoms with E-state index in [4.69, 9.17) is 20.7 Å². The number of allylic oxidation sites excluding steroid dienone is 1. The van der Waals surface area contributed by atoms with E-state index in [-0.39, 0.29) is 32.3 Å². The minimum Gasteiger partial charge on any atom is -0.412 e. The Balaban J connectivity index is -0.000000910. The third-order valence-electron chi connectivity index (χ3n) is 5.29. The van der Waals surface area contributed by atoms with E-state index in [2.05, 4.69) is 23.2 Å². The number of rotatable bonds is 7. The largest absolute Gasteiger partial charge is 0.412 e. The highest BCUT2D eigenvalue weighted by Gasteiger charge is 2.41. The van der Waals surface area contributed by atoms with Crippen molar-refractivity contribution in [2.75, 3.05) is 45.6 Å². The minimum atomic E-state index is 0. The lowest BCUT2D eigenvalue weighted by atomic mass is 10.0. The fraction of sp³-hybridized carbons (Fsp3) is 0.591. The molecule has 0 radical (unpaired) electrons. The number of amidine groups is 1. The van der Waals surface area contributed by atoms with Crippen molar-refractivity contribution in [1.82, 2.24) is 15.7 Å². The molecule has 9 heteroatoms. The summed E-state index contributed by atoms with van der Waals surface area (Å²) in [6, 6.07) is 7.94. The molecule has 1 aliphatic heterocycles. The van der Waals surface area contributed by atoms with Crippen LogP contribution >= 0.6 is 24.0 Å². The maximum absolute atomic E-state index is 7.82. The van der Waals surface area contributed by atoms with Gasteiger partial charge >= 0.3 is 0 Å². The number of ether oxygens (including phenoxy) is 1. The van der Waals surface area contributed by atoms with Gasteiger partial charge in [0, 0.05) is 46.3 Å². The SMILES string of the molecule is CCCNO.CN/C(=C\C(=NCc1ccc(N)cc1)N1CCOCC1)C1(C)CC1.I.O.[HH].[HH]. The molecular formula is C22H44IN5O3. The molecule has 3 rings (SSSR count). The average molecular weight is 554 g/mol. The number of anilines is 1. The summed E-state index contributed by atoms with van der Waals surface area (Å²) < 4.78 is 5.49. The Bertz CT molecular complexity index is 681. The van der Waals surface area contributed by atoms with Crippen LogP contribution in [0.25, 0.3) is 0 Å². The van der Waals surface area contributed by atoms with Crippen molar-refractivity contribution < 1.29 is 18.3 Å². The molecule has 1 saturated carbocycles. The van der Waals surface area contributed by atoms with Crippen LogP contribution in [0.3, 0.4) is 0 Å². The molecule has 31 heavy (non-hydrogen) atoms. The number of nitrogens with one attached hydrogen (secondary N) is 2. The Hall–Kier alpha value is -1.40. The van der Waals surface area contributed by atoms with Gasteiger partial charge in [-0.25, -0.2) is 5.48 Å². The third-order valence-corrected chi connectivity index (χ3v) is 5.29. The van der Waals surface area contributed by atoms with E-state index < -0.39 is 0 Å². The molecule has 0 bridgehead atoms. The Labute approximate surface area is 206 Å². The lowest BCUT2D eigenvalue weighted by Gasteiger charge is -2.29. The van der Waals surface area contributed by atoms with Crippen molar-refractivity contribution in [2.45, 2.75) is 39.7 Å². The summed E-state index contributed by atoms with van der Waals surface area (Å²) in [5.41, 5.74) is 11.3. The van der Waals surface area contributed by atoms with Gasteiger partial charge in [-0.2, -0.15) is 0 Å². The van der Waals surface area contributed by atoms with Gasteiger partial charge < -0.3 is 31.4 Å². The molecule has 0 spiro atoms. The molecule has 2 fully saturated rings. The first-order valence-corrected chi connectivity index (χ1v) is 10.5. The van der Waals surface area contributed by atoms with Gasteiger partial charge in [0.15, 0.2) is 0 Å². The standard InChI is InChI=1S/C19H28N4O.C3H9NO.HI.H2O.2H2/c1-19(7-8-19)17(21-2)13-18(23-9-11-24-12-10-23)22-14-15-3-5-16(20)6-4-15;1-2-3-4-5;;;;/h3-6,13,21H,7-12,14,20H2,1-2H3;4-5H,2-3H2,1H3;1H;1H2;2*1H/b17-13-,22-18?;;;;;. The van der Waals surface area contributed by atoms with Gasteiger partial charge in [0.25, 0.3) is 0 Å². The highest BCUT2D eigenvalue weighted by atomic mass is 127. The molecule has 0 unspecified atom stereocenters. The van der Waals surface area contributed by atoms with E-state index in [1.807, 2.05) is 43.7 Å². The van der Waals surface area contributed by atoms with Crippen LogP contribution in [-0.4, -0.2) is 61.3 Å². The molecule has 182 valence electrons. The molecule has 0 atom stereocenters. The number of halogens is 1. The van der Waals surface area contributed by atoms with Gasteiger partial charge in [0.1, 0.15) is 5.84 Å². The molecule has 1 aromatic rings. The molecule has 7 N–H and O–H groups in total. The first-order chi connectivity index (χ1) is 14.0. The molecule has 1 heterocycles.